The van der Waals surface area contributed by atoms with E-state index in [-0.39, 0.29) is 10.5 Å². The van der Waals surface area contributed by atoms with Crippen molar-refractivity contribution in [1.29, 1.82) is 0 Å². The van der Waals surface area contributed by atoms with Gasteiger partial charge in [-0.3, -0.25) is 0 Å². The van der Waals surface area contributed by atoms with Gasteiger partial charge in [0, 0.05) is 17.9 Å². The van der Waals surface area contributed by atoms with Gasteiger partial charge < -0.3 is 5.73 Å². The Morgan fingerprint density at radius 1 is 0.952 bits per heavy atom. The zero-order chi connectivity index (χ0) is 15.8. The van der Waals surface area contributed by atoms with Crippen molar-refractivity contribution < 1.29 is 21.6 Å². The van der Waals surface area contributed by atoms with E-state index in [1.807, 2.05) is 0 Å². The van der Waals surface area contributed by atoms with Gasteiger partial charge in [-0.2, -0.15) is 0 Å². The maximum absolute atomic E-state index is 13.7. The third kappa shape index (κ3) is 3.25. The molecule has 0 fully saturated rings. The molecule has 0 aromatic heterocycles. The van der Waals surface area contributed by atoms with Crippen molar-refractivity contribution >= 4 is 9.84 Å². The number of benzene rings is 2. The van der Waals surface area contributed by atoms with Crippen molar-refractivity contribution in [2.45, 2.75) is 10.9 Å². The maximum atomic E-state index is 13.7. The lowest BCUT2D eigenvalue weighted by atomic mass is 9.99. The van der Waals surface area contributed by atoms with Crippen LogP contribution < -0.4 is 5.73 Å². The van der Waals surface area contributed by atoms with E-state index in [2.05, 4.69) is 0 Å². The Bertz CT molecular complexity index is 774. The number of hydrogen-bond donors (Lipinski definition) is 1. The molecule has 0 radical (unpaired) electrons. The summed E-state index contributed by atoms with van der Waals surface area (Å²) in [4.78, 5) is 0.0872. The molecule has 2 N–H and O–H groups in total. The second-order valence-corrected chi connectivity index (χ2v) is 6.62. The van der Waals surface area contributed by atoms with Gasteiger partial charge in [-0.1, -0.05) is 12.1 Å². The van der Waals surface area contributed by atoms with E-state index in [9.17, 15) is 21.6 Å². The highest BCUT2D eigenvalue weighted by Crippen LogP contribution is 2.25. The highest BCUT2D eigenvalue weighted by molar-refractivity contribution is 7.90. The molecule has 0 saturated carbocycles. The summed E-state index contributed by atoms with van der Waals surface area (Å²) in [7, 11) is -3.35. The van der Waals surface area contributed by atoms with E-state index in [1.54, 1.807) is 0 Å². The lowest BCUT2D eigenvalue weighted by Crippen LogP contribution is -2.14. The van der Waals surface area contributed by atoms with Crippen LogP contribution in [0.1, 0.15) is 17.2 Å². The largest absolute Gasteiger partial charge is 0.320 e. The molecule has 0 heterocycles. The van der Waals surface area contributed by atoms with Crippen LogP contribution in [0.4, 0.5) is 13.2 Å². The molecule has 0 saturated heterocycles. The summed E-state index contributed by atoms with van der Waals surface area (Å²) in [5, 5.41) is 0. The Hall–Kier alpha value is -1.86. The molecule has 0 aliphatic heterocycles. The Balaban J connectivity index is 2.41. The van der Waals surface area contributed by atoms with E-state index in [0.29, 0.717) is 17.7 Å². The van der Waals surface area contributed by atoms with Crippen LogP contribution in [0.2, 0.25) is 0 Å². The van der Waals surface area contributed by atoms with Gasteiger partial charge >= 0.3 is 0 Å². The third-order valence-corrected chi connectivity index (χ3v) is 4.17. The first-order valence-corrected chi connectivity index (χ1v) is 7.79. The average Bonchev–Trinajstić information content (AvgIpc) is 2.41. The fourth-order valence-corrected chi connectivity index (χ4v) is 2.51. The summed E-state index contributed by atoms with van der Waals surface area (Å²) in [6.45, 7) is 0. The minimum absolute atomic E-state index is 0.0872. The third-order valence-electron chi connectivity index (χ3n) is 3.04. The molecule has 1 atom stereocenters. The number of hydrogen-bond acceptors (Lipinski definition) is 3. The molecule has 2 aromatic carbocycles. The molecule has 0 bridgehead atoms. The normalized spacial score (nSPS) is 13.2. The van der Waals surface area contributed by atoms with Crippen LogP contribution >= 0.6 is 0 Å². The molecular weight excluding hydrogens is 303 g/mol. The smallest absolute Gasteiger partial charge is 0.175 e. The first-order chi connectivity index (χ1) is 9.70. The van der Waals surface area contributed by atoms with Gasteiger partial charge in [-0.05, 0) is 23.8 Å². The van der Waals surface area contributed by atoms with E-state index in [1.165, 1.54) is 24.3 Å². The second kappa shape index (κ2) is 5.50. The van der Waals surface area contributed by atoms with E-state index in [0.717, 1.165) is 6.26 Å². The number of halogens is 3. The lowest BCUT2D eigenvalue weighted by molar-refractivity contribution is 0.487. The van der Waals surface area contributed by atoms with Crippen LogP contribution in [0, 0.1) is 17.5 Å². The number of nitrogens with two attached hydrogens (primary N) is 1. The van der Waals surface area contributed by atoms with Crippen LogP contribution in [-0.2, 0) is 9.84 Å². The molecule has 1 unspecified atom stereocenters. The maximum Gasteiger partial charge on any atom is 0.175 e. The molecule has 0 aliphatic carbocycles. The first-order valence-electron chi connectivity index (χ1n) is 5.90. The molecule has 0 spiro atoms. The van der Waals surface area contributed by atoms with E-state index >= 15 is 0 Å². The predicted octanol–water partition coefficient (Wildman–Crippen LogP) is 2.56. The number of sulfone groups is 1. The van der Waals surface area contributed by atoms with Gasteiger partial charge in [0.1, 0.15) is 5.82 Å². The molecule has 0 aliphatic rings. The SMILES string of the molecule is CS(=O)(=O)c1ccc(C(N)c2cc(F)c(F)cc2F)cc1. The molecule has 2 rings (SSSR count). The van der Waals surface area contributed by atoms with Gasteiger partial charge in [-0.25, -0.2) is 21.6 Å². The van der Waals surface area contributed by atoms with Gasteiger partial charge in [0.15, 0.2) is 21.5 Å². The first kappa shape index (κ1) is 15.5. The van der Waals surface area contributed by atoms with Gasteiger partial charge in [0.2, 0.25) is 0 Å². The highest BCUT2D eigenvalue weighted by Gasteiger charge is 2.18. The van der Waals surface area contributed by atoms with Crippen LogP contribution in [-0.4, -0.2) is 14.7 Å². The Labute approximate surface area is 120 Å². The Morgan fingerprint density at radius 3 is 2.00 bits per heavy atom. The fraction of sp³-hybridized carbons (Fsp3) is 0.143. The summed E-state index contributed by atoms with van der Waals surface area (Å²) in [5.41, 5.74) is 5.99. The Kier molecular flexibility index (Phi) is 4.06. The Morgan fingerprint density at radius 2 is 1.48 bits per heavy atom. The van der Waals surface area contributed by atoms with Crippen molar-refractivity contribution in [1.82, 2.24) is 0 Å². The second-order valence-electron chi connectivity index (χ2n) is 4.61. The summed E-state index contributed by atoms with van der Waals surface area (Å²) in [6, 6.07) is 5.54. The predicted molar refractivity (Wildman–Crippen MR) is 71.9 cm³/mol. The summed E-state index contributed by atoms with van der Waals surface area (Å²) in [6.07, 6.45) is 1.05. The lowest BCUT2D eigenvalue weighted by Gasteiger charge is -2.14. The van der Waals surface area contributed by atoms with Crippen molar-refractivity contribution in [3.05, 3.63) is 65.0 Å². The van der Waals surface area contributed by atoms with Crippen LogP contribution in [0.25, 0.3) is 0 Å². The number of rotatable bonds is 3. The van der Waals surface area contributed by atoms with Gasteiger partial charge in [0.05, 0.1) is 10.9 Å². The molecule has 7 heteroatoms. The molecule has 112 valence electrons. The summed E-state index contributed by atoms with van der Waals surface area (Å²) in [5.74, 6) is -3.46. The van der Waals surface area contributed by atoms with Crippen LogP contribution in [0.3, 0.4) is 0 Å². The highest BCUT2D eigenvalue weighted by atomic mass is 32.2. The quantitative estimate of drug-likeness (QED) is 0.886. The van der Waals surface area contributed by atoms with Gasteiger partial charge in [-0.15, -0.1) is 0 Å². The van der Waals surface area contributed by atoms with Crippen molar-refractivity contribution in [3.8, 4) is 0 Å². The van der Waals surface area contributed by atoms with Crippen molar-refractivity contribution in [3.63, 3.8) is 0 Å². The van der Waals surface area contributed by atoms with Gasteiger partial charge in [0.25, 0.3) is 0 Å². The zero-order valence-corrected chi connectivity index (χ0v) is 11.8. The molecule has 3 nitrogen and oxygen atoms in total. The van der Waals surface area contributed by atoms with Crippen LogP contribution in [0.15, 0.2) is 41.3 Å². The van der Waals surface area contributed by atoms with E-state index < -0.39 is 33.3 Å². The molecular formula is C14H12F3NO2S. The molecule has 2 aromatic rings. The molecule has 0 amide bonds. The fourth-order valence-electron chi connectivity index (χ4n) is 1.88. The van der Waals surface area contributed by atoms with Crippen molar-refractivity contribution in [2.75, 3.05) is 6.26 Å². The monoisotopic (exact) mass is 315 g/mol. The summed E-state index contributed by atoms with van der Waals surface area (Å²) >= 11 is 0. The summed E-state index contributed by atoms with van der Waals surface area (Å²) < 4.78 is 62.4. The average molecular weight is 315 g/mol. The zero-order valence-electron chi connectivity index (χ0n) is 11.0. The standard InChI is InChI=1S/C14H12F3NO2S/c1-21(19,20)9-4-2-8(3-5-9)14(18)10-6-12(16)13(17)7-11(10)15/h2-7,14H,18H2,1H3. The van der Waals surface area contributed by atoms with Crippen LogP contribution in [0.5, 0.6) is 0 Å². The topological polar surface area (TPSA) is 60.2 Å². The van der Waals surface area contributed by atoms with E-state index in [4.69, 9.17) is 5.73 Å². The molecule has 21 heavy (non-hydrogen) atoms. The van der Waals surface area contributed by atoms with Crippen molar-refractivity contribution in [2.24, 2.45) is 5.73 Å². The minimum atomic E-state index is -3.35. The minimum Gasteiger partial charge on any atom is -0.320 e.